The van der Waals surface area contributed by atoms with Crippen molar-refractivity contribution < 1.29 is 9.59 Å². The predicted molar refractivity (Wildman–Crippen MR) is 135 cm³/mol. The number of carbonyl (C=O) groups excluding carboxylic acids is 2. The summed E-state index contributed by atoms with van der Waals surface area (Å²) in [4.78, 5) is 38.7. The van der Waals surface area contributed by atoms with E-state index in [1.54, 1.807) is 41.9 Å². The van der Waals surface area contributed by atoms with Crippen molar-refractivity contribution in [2.45, 2.75) is 25.8 Å². The van der Waals surface area contributed by atoms with Crippen LogP contribution in [0, 0.1) is 13.8 Å². The first-order valence-electron chi connectivity index (χ1n) is 10.4. The molecule has 0 saturated carbocycles. The van der Waals surface area contributed by atoms with E-state index in [-0.39, 0.29) is 17.4 Å². The molecule has 8 heteroatoms. The van der Waals surface area contributed by atoms with Crippen molar-refractivity contribution in [3.63, 3.8) is 0 Å². The fourth-order valence-electron chi connectivity index (χ4n) is 3.84. The molecule has 0 aliphatic rings. The summed E-state index contributed by atoms with van der Waals surface area (Å²) in [5.74, 6) is 0.0633. The first-order chi connectivity index (χ1) is 15.9. The fourth-order valence-corrected chi connectivity index (χ4v) is 5.83. The Hall–Kier alpha value is -3.36. The molecule has 1 N–H and O–H groups in total. The summed E-state index contributed by atoms with van der Waals surface area (Å²) in [7, 11) is 0. The maximum atomic E-state index is 12.5. The lowest BCUT2D eigenvalue weighted by Gasteiger charge is -2.06. The average Bonchev–Trinajstić information content (AvgIpc) is 3.15. The summed E-state index contributed by atoms with van der Waals surface area (Å²) in [6.07, 6.45) is 1.54. The highest BCUT2D eigenvalue weighted by molar-refractivity contribution is 8.00. The van der Waals surface area contributed by atoms with Gasteiger partial charge < -0.3 is 5.32 Å². The summed E-state index contributed by atoms with van der Waals surface area (Å²) in [5, 5.41) is 5.73. The Labute approximate surface area is 198 Å². The molecule has 5 rings (SSSR count). The number of rotatable bonds is 5. The van der Waals surface area contributed by atoms with Crippen molar-refractivity contribution in [1.29, 1.82) is 0 Å². The number of nitrogens with zero attached hydrogens (tertiary/aromatic N) is 3. The van der Waals surface area contributed by atoms with Crippen LogP contribution in [-0.4, -0.2) is 32.4 Å². The molecule has 0 atom stereocenters. The molecule has 6 nitrogen and oxygen atoms in total. The van der Waals surface area contributed by atoms with E-state index in [0.717, 1.165) is 41.9 Å². The summed E-state index contributed by atoms with van der Waals surface area (Å²) in [6.45, 7) is 5.68. The molecule has 1 amide bonds. The Bertz CT molecular complexity index is 1560. The number of aromatic nitrogens is 3. The maximum absolute atomic E-state index is 12.5. The third-order valence-electron chi connectivity index (χ3n) is 5.36. The molecule has 33 heavy (non-hydrogen) atoms. The minimum atomic E-state index is -0.140. The molecule has 164 valence electrons. The van der Waals surface area contributed by atoms with Crippen molar-refractivity contribution in [1.82, 2.24) is 15.0 Å². The van der Waals surface area contributed by atoms with Gasteiger partial charge in [0, 0.05) is 22.0 Å². The number of thioether (sulfide) groups is 1. The topological polar surface area (TPSA) is 84.8 Å². The van der Waals surface area contributed by atoms with Crippen LogP contribution >= 0.6 is 23.1 Å². The normalized spacial score (nSPS) is 11.4. The lowest BCUT2D eigenvalue weighted by Crippen LogP contribution is -2.14. The summed E-state index contributed by atoms with van der Waals surface area (Å²) >= 11 is 2.93. The number of Topliss-reactive ketones (excluding diaryl/α,β-unsaturated/α-hetero) is 1. The predicted octanol–water partition coefficient (Wildman–Crippen LogP) is 5.94. The number of anilines is 1. The number of nitrogens with one attached hydrogen (secondary N) is 1. The zero-order valence-corrected chi connectivity index (χ0v) is 19.9. The van der Waals surface area contributed by atoms with E-state index in [4.69, 9.17) is 4.98 Å². The van der Waals surface area contributed by atoms with Gasteiger partial charge in [-0.15, -0.1) is 11.3 Å². The number of thiophene rings is 1. The van der Waals surface area contributed by atoms with Crippen molar-refractivity contribution in [2.75, 3.05) is 11.1 Å². The molecule has 0 radical (unpaired) electrons. The Balaban J connectivity index is 1.41. The van der Waals surface area contributed by atoms with Crippen molar-refractivity contribution in [2.24, 2.45) is 0 Å². The van der Waals surface area contributed by atoms with Crippen LogP contribution in [0.5, 0.6) is 0 Å². The molecule has 3 heterocycles. The molecule has 0 spiro atoms. The van der Waals surface area contributed by atoms with Gasteiger partial charge in [-0.2, -0.15) is 0 Å². The highest BCUT2D eigenvalue weighted by Crippen LogP contribution is 2.38. The largest absolute Gasteiger partial charge is 0.325 e. The number of benzene rings is 2. The first kappa shape index (κ1) is 21.5. The van der Waals surface area contributed by atoms with Gasteiger partial charge >= 0.3 is 0 Å². The van der Waals surface area contributed by atoms with Crippen LogP contribution in [0.15, 0.2) is 53.8 Å². The quantitative estimate of drug-likeness (QED) is 0.193. The number of hydrogen-bond donors (Lipinski definition) is 1. The molecule has 0 unspecified atom stereocenters. The zero-order chi connectivity index (χ0) is 23.1. The van der Waals surface area contributed by atoms with Gasteiger partial charge in [0.2, 0.25) is 5.91 Å². The van der Waals surface area contributed by atoms with Gasteiger partial charge in [0.1, 0.15) is 16.2 Å². The molecule has 0 fully saturated rings. The molecular formula is C25H20N4O2S2. The molecule has 0 saturated heterocycles. The fraction of sp³-hybridized carbons (Fsp3) is 0.160. The summed E-state index contributed by atoms with van der Waals surface area (Å²) < 4.78 is 0.938. The van der Waals surface area contributed by atoms with Gasteiger partial charge in [-0.05, 0) is 62.7 Å². The number of aryl methyl sites for hydroxylation is 2. The molecule has 5 aromatic rings. The standard InChI is InChI=1S/C25H20N4O2S2/c1-13-8-14(2)21-17(9-13)10-19-22-23(33-24(19)29-21)25(27-12-26-22)32-11-20(31)28-18-6-4-16(5-7-18)15(3)30/h4-10,12H,11H2,1-3H3,(H,28,31). The van der Waals surface area contributed by atoms with E-state index in [1.807, 2.05) is 0 Å². The zero-order valence-electron chi connectivity index (χ0n) is 18.3. The van der Waals surface area contributed by atoms with Gasteiger partial charge in [-0.25, -0.2) is 15.0 Å². The second kappa shape index (κ2) is 8.53. The van der Waals surface area contributed by atoms with E-state index < -0.39 is 0 Å². The third kappa shape index (κ3) is 4.19. The number of ketones is 1. The average molecular weight is 473 g/mol. The maximum Gasteiger partial charge on any atom is 0.234 e. The van der Waals surface area contributed by atoms with Gasteiger partial charge in [-0.1, -0.05) is 23.4 Å². The van der Waals surface area contributed by atoms with Crippen molar-refractivity contribution in [3.8, 4) is 0 Å². The molecule has 0 bridgehead atoms. The molecule has 2 aromatic carbocycles. The second-order valence-electron chi connectivity index (χ2n) is 7.92. The Morgan fingerprint density at radius 2 is 1.82 bits per heavy atom. The van der Waals surface area contributed by atoms with E-state index >= 15 is 0 Å². The van der Waals surface area contributed by atoms with Gasteiger partial charge in [-0.3, -0.25) is 9.59 Å². The first-order valence-corrected chi connectivity index (χ1v) is 12.2. The molecule has 0 aliphatic heterocycles. The Kier molecular flexibility index (Phi) is 5.55. The van der Waals surface area contributed by atoms with Crippen molar-refractivity contribution in [3.05, 3.63) is 65.5 Å². The van der Waals surface area contributed by atoms with Gasteiger partial charge in [0.25, 0.3) is 0 Å². The van der Waals surface area contributed by atoms with Crippen LogP contribution in [0.2, 0.25) is 0 Å². The monoisotopic (exact) mass is 472 g/mol. The molecule has 0 aliphatic carbocycles. The van der Waals surface area contributed by atoms with Gasteiger partial charge in [0.05, 0.1) is 21.5 Å². The SMILES string of the molecule is CC(=O)c1ccc(NC(=O)CSc2ncnc3c2sc2nc4c(C)cc(C)cc4cc23)cc1. The minimum Gasteiger partial charge on any atom is -0.325 e. The highest BCUT2D eigenvalue weighted by Gasteiger charge is 2.15. The Morgan fingerprint density at radius 3 is 2.58 bits per heavy atom. The van der Waals surface area contributed by atoms with Crippen LogP contribution in [0.3, 0.4) is 0 Å². The van der Waals surface area contributed by atoms with E-state index in [2.05, 4.69) is 47.3 Å². The van der Waals surface area contributed by atoms with E-state index in [0.29, 0.717) is 11.3 Å². The lowest BCUT2D eigenvalue weighted by atomic mass is 10.1. The van der Waals surface area contributed by atoms with Crippen molar-refractivity contribution >= 4 is 71.8 Å². The highest BCUT2D eigenvalue weighted by atomic mass is 32.2. The number of amides is 1. The van der Waals surface area contributed by atoms with Crippen LogP contribution in [0.4, 0.5) is 5.69 Å². The number of carbonyl (C=O) groups is 2. The number of hydrogen-bond acceptors (Lipinski definition) is 7. The van der Waals surface area contributed by atoms with E-state index in [9.17, 15) is 9.59 Å². The van der Waals surface area contributed by atoms with Crippen LogP contribution in [0.1, 0.15) is 28.4 Å². The number of pyridine rings is 1. The minimum absolute atomic E-state index is 0.00720. The molecule has 3 aromatic heterocycles. The van der Waals surface area contributed by atoms with Crippen LogP contribution in [0.25, 0.3) is 31.3 Å². The van der Waals surface area contributed by atoms with Crippen LogP contribution < -0.4 is 5.32 Å². The van der Waals surface area contributed by atoms with Gasteiger partial charge in [0.15, 0.2) is 5.78 Å². The summed E-state index contributed by atoms with van der Waals surface area (Å²) in [5.41, 5.74) is 5.48. The van der Waals surface area contributed by atoms with E-state index in [1.165, 1.54) is 24.2 Å². The third-order valence-corrected chi connectivity index (χ3v) is 7.57. The molecular weight excluding hydrogens is 452 g/mol. The smallest absolute Gasteiger partial charge is 0.234 e. The summed E-state index contributed by atoms with van der Waals surface area (Å²) in [6, 6.07) is 13.3. The number of fused-ring (bicyclic) bond motifs is 4. The Morgan fingerprint density at radius 1 is 1.03 bits per heavy atom. The lowest BCUT2D eigenvalue weighted by molar-refractivity contribution is -0.113. The second-order valence-corrected chi connectivity index (χ2v) is 9.89. The van der Waals surface area contributed by atoms with Crippen LogP contribution in [-0.2, 0) is 4.79 Å².